The zero-order valence-corrected chi connectivity index (χ0v) is 32.9. The Morgan fingerprint density at radius 3 is 2.71 bits per heavy atom. The lowest BCUT2D eigenvalue weighted by atomic mass is 9.93. The third-order valence-corrected chi connectivity index (χ3v) is 12.0. The Kier molecular flexibility index (Phi) is 9.35. The topological polar surface area (TPSA) is 112 Å². The number of ether oxygens (including phenoxy) is 5. The number of rotatable bonds is 8. The monoisotopic (exact) mass is 798 g/mol. The Hall–Kier alpha value is -5.33. The number of carbonyl (C=O) groups excluding carboxylic acids is 1. The molecule has 0 N–H and O–H groups in total. The number of hydrogen-bond donors (Lipinski definition) is 0. The van der Waals surface area contributed by atoms with Crippen molar-refractivity contribution in [3.63, 3.8) is 0 Å². The molecule has 15 heteroatoms. The van der Waals surface area contributed by atoms with Crippen LogP contribution in [0.4, 0.5) is 23.8 Å². The molecule has 0 radical (unpaired) electrons. The number of amides is 1. The fourth-order valence-corrected chi connectivity index (χ4v) is 9.71. The van der Waals surface area contributed by atoms with Crippen molar-refractivity contribution in [2.45, 2.75) is 88.3 Å². The van der Waals surface area contributed by atoms with Crippen molar-refractivity contribution >= 4 is 33.6 Å². The second-order valence-electron chi connectivity index (χ2n) is 17.0. The minimum absolute atomic E-state index is 0.0218. The van der Waals surface area contributed by atoms with Gasteiger partial charge < -0.3 is 28.6 Å². The van der Waals surface area contributed by atoms with E-state index in [-0.39, 0.29) is 85.5 Å². The van der Waals surface area contributed by atoms with Crippen molar-refractivity contribution in [2.24, 2.45) is 0 Å². The molecule has 0 spiro atoms. The molecule has 0 saturated carbocycles. The van der Waals surface area contributed by atoms with E-state index in [1.807, 2.05) is 20.8 Å². The normalized spacial score (nSPS) is 25.0. The summed E-state index contributed by atoms with van der Waals surface area (Å²) >= 11 is 0. The fraction of sp³-hybridized carbons (Fsp3) is 0.488. The van der Waals surface area contributed by atoms with Gasteiger partial charge in [-0.25, -0.2) is 22.9 Å². The quantitative estimate of drug-likeness (QED) is 0.111. The number of fused-ring (bicyclic) bond motifs is 7. The van der Waals surface area contributed by atoms with Crippen LogP contribution in [0.2, 0.25) is 0 Å². The van der Waals surface area contributed by atoms with E-state index in [0.29, 0.717) is 53.8 Å². The van der Waals surface area contributed by atoms with Gasteiger partial charge in [0.05, 0.1) is 34.9 Å². The maximum absolute atomic E-state index is 17.3. The van der Waals surface area contributed by atoms with Crippen molar-refractivity contribution < 1.29 is 41.7 Å². The summed E-state index contributed by atoms with van der Waals surface area (Å²) in [5.41, 5.74) is 0.0291. The van der Waals surface area contributed by atoms with Crippen molar-refractivity contribution in [3.05, 3.63) is 64.9 Å². The molecule has 5 aliphatic heterocycles. The number of methoxy groups -OCH3 is 1. The number of terminal acetylenes is 1. The van der Waals surface area contributed by atoms with Gasteiger partial charge in [-0.2, -0.15) is 9.97 Å². The predicted octanol–water partition coefficient (Wildman–Crippen LogP) is 6.48. The summed E-state index contributed by atoms with van der Waals surface area (Å²) in [6.45, 7) is 11.0. The lowest BCUT2D eigenvalue weighted by molar-refractivity contribution is 0.00537. The average molecular weight is 799 g/mol. The highest BCUT2D eigenvalue weighted by molar-refractivity contribution is 5.96. The number of nitrogens with zero attached hydrogens (tertiary/aromatic N) is 6. The van der Waals surface area contributed by atoms with Crippen LogP contribution >= 0.6 is 0 Å². The molecule has 2 bridgehead atoms. The fourth-order valence-electron chi connectivity index (χ4n) is 9.71. The Morgan fingerprint density at radius 2 is 1.93 bits per heavy atom. The maximum Gasteiger partial charge on any atom is 0.410 e. The van der Waals surface area contributed by atoms with E-state index in [0.717, 1.165) is 12.0 Å². The van der Waals surface area contributed by atoms with Gasteiger partial charge in [-0.05, 0) is 69.2 Å². The largest absolute Gasteiger partial charge is 0.475 e. The van der Waals surface area contributed by atoms with Crippen molar-refractivity contribution in [3.8, 4) is 30.0 Å². The van der Waals surface area contributed by atoms with E-state index in [1.165, 1.54) is 13.2 Å². The zero-order valence-electron chi connectivity index (χ0n) is 32.9. The first-order valence-corrected chi connectivity index (χ1v) is 19.6. The number of anilines is 1. The summed E-state index contributed by atoms with van der Waals surface area (Å²) in [7, 11) is 1.49. The third kappa shape index (κ3) is 6.50. The lowest BCUT2D eigenvalue weighted by Crippen LogP contribution is -2.63. The van der Waals surface area contributed by atoms with E-state index in [9.17, 15) is 9.18 Å². The smallest absolute Gasteiger partial charge is 0.410 e. The number of benzene rings is 2. The molecule has 4 saturated heterocycles. The molecule has 12 nitrogen and oxygen atoms in total. The molecule has 1 amide bonds. The van der Waals surface area contributed by atoms with Crippen molar-refractivity contribution in [1.29, 1.82) is 0 Å². The van der Waals surface area contributed by atoms with Crippen LogP contribution in [0, 0.1) is 24.0 Å². The predicted molar refractivity (Wildman–Crippen MR) is 209 cm³/mol. The summed E-state index contributed by atoms with van der Waals surface area (Å²) < 4.78 is 76.9. The minimum atomic E-state index is -1.01. The van der Waals surface area contributed by atoms with E-state index in [1.54, 1.807) is 23.1 Å². The molecule has 2 aromatic carbocycles. The number of piperazine rings is 1. The number of carbonyl (C=O) groups is 1. The minimum Gasteiger partial charge on any atom is -0.475 e. The van der Waals surface area contributed by atoms with Crippen LogP contribution in [0.15, 0.2) is 36.4 Å². The lowest BCUT2D eigenvalue weighted by Gasteiger charge is -2.46. The van der Waals surface area contributed by atoms with Crippen LogP contribution < -0.4 is 19.1 Å². The van der Waals surface area contributed by atoms with E-state index < -0.39 is 41.1 Å². The molecule has 2 aromatic heterocycles. The van der Waals surface area contributed by atoms with Gasteiger partial charge in [0, 0.05) is 45.0 Å². The van der Waals surface area contributed by atoms with Gasteiger partial charge in [0.2, 0.25) is 5.88 Å². The van der Waals surface area contributed by atoms with Crippen LogP contribution in [0.3, 0.4) is 0 Å². The molecular formula is C43H45F3N6O6. The van der Waals surface area contributed by atoms with Crippen LogP contribution in [0.1, 0.15) is 63.3 Å². The first-order chi connectivity index (χ1) is 27.8. The van der Waals surface area contributed by atoms with E-state index in [4.69, 9.17) is 40.1 Å². The standard InChI is InChI=1S/C43H45F3N6O6/c1-7-29-30(45)10-8-24-12-28(57-22-54-6)13-25(34(24)29)14-31-36(46)37-35-38(49-40(48-37)56-21-43-15-23(2)17-50(43)18-26(44)16-43)51-19-27-9-11-32(33(51)20-55-39(35)47-31)52(27)41(53)58-42(3,4)5/h1,8,10,12-13,26-27,32-33H,2,9,11,14-22H2,3-6H3/t26-,27-,32+,33-,43-/m1/s1. The second-order valence-corrected chi connectivity index (χ2v) is 17.0. The van der Waals surface area contributed by atoms with Gasteiger partial charge in [-0.3, -0.25) is 9.80 Å². The van der Waals surface area contributed by atoms with Gasteiger partial charge in [-0.15, -0.1) is 6.42 Å². The molecule has 4 fully saturated rings. The maximum atomic E-state index is 17.3. The Morgan fingerprint density at radius 1 is 1.10 bits per heavy atom. The van der Waals surface area contributed by atoms with Gasteiger partial charge in [0.15, 0.2) is 12.6 Å². The highest BCUT2D eigenvalue weighted by atomic mass is 19.1. The SMILES string of the molecule is C#Cc1c(F)ccc2cc(OCOC)cc(Cc3nc4c5c(nc(OC[C@]67CC(=C)CN6C[C@H](F)C7)nc5c3F)N3C[C@H]5CC[C@@H]([C@H]3CO4)N5C(=O)OC(C)(C)C)c12. The summed E-state index contributed by atoms with van der Waals surface area (Å²) in [4.78, 5) is 33.9. The molecule has 58 heavy (non-hydrogen) atoms. The molecule has 9 rings (SSSR count). The summed E-state index contributed by atoms with van der Waals surface area (Å²) in [5.74, 6) is 1.99. The number of alkyl halides is 1. The van der Waals surface area contributed by atoms with E-state index in [2.05, 4.69) is 27.3 Å². The summed E-state index contributed by atoms with van der Waals surface area (Å²) in [6.07, 6.45) is 6.53. The summed E-state index contributed by atoms with van der Waals surface area (Å²) in [5, 5.41) is 1.26. The highest BCUT2D eigenvalue weighted by Crippen LogP contribution is 2.46. The third-order valence-electron chi connectivity index (χ3n) is 12.0. The van der Waals surface area contributed by atoms with Crippen LogP contribution in [-0.4, -0.2) is 113 Å². The summed E-state index contributed by atoms with van der Waals surface area (Å²) in [6, 6.07) is 5.26. The van der Waals surface area contributed by atoms with Gasteiger partial charge in [-0.1, -0.05) is 24.1 Å². The number of hydrogen-bond acceptors (Lipinski definition) is 11. The van der Waals surface area contributed by atoms with E-state index >= 15 is 8.78 Å². The molecule has 5 atom stereocenters. The van der Waals surface area contributed by atoms with Crippen LogP contribution in [0.5, 0.6) is 17.6 Å². The number of pyridine rings is 1. The van der Waals surface area contributed by atoms with Crippen molar-refractivity contribution in [2.75, 3.05) is 51.7 Å². The molecule has 5 aliphatic rings. The van der Waals surface area contributed by atoms with Crippen LogP contribution in [-0.2, 0) is 15.9 Å². The Balaban J connectivity index is 1.16. The van der Waals surface area contributed by atoms with Crippen LogP contribution in [0.25, 0.3) is 21.7 Å². The highest BCUT2D eigenvalue weighted by Gasteiger charge is 2.53. The van der Waals surface area contributed by atoms with Gasteiger partial charge >= 0.3 is 12.1 Å². The van der Waals surface area contributed by atoms with Gasteiger partial charge in [0.1, 0.15) is 53.3 Å². The average Bonchev–Trinajstić information content (AvgIpc) is 3.73. The molecule has 0 unspecified atom stereocenters. The first-order valence-electron chi connectivity index (χ1n) is 19.6. The molecule has 304 valence electrons. The Labute approximate surface area is 334 Å². The van der Waals surface area contributed by atoms with Gasteiger partial charge in [0.25, 0.3) is 0 Å². The Bertz CT molecular complexity index is 2400. The first kappa shape index (κ1) is 38.2. The molecule has 4 aromatic rings. The number of aromatic nitrogens is 3. The molecule has 0 aliphatic carbocycles. The second kappa shape index (κ2) is 14.2. The molecule has 7 heterocycles. The van der Waals surface area contributed by atoms with Crippen molar-refractivity contribution in [1.82, 2.24) is 24.8 Å². The zero-order chi connectivity index (χ0) is 40.7. The number of halogens is 3. The molecular weight excluding hydrogens is 754 g/mol.